The minimum atomic E-state index is -0.521. The highest BCUT2D eigenvalue weighted by molar-refractivity contribution is 8.00. The zero-order chi connectivity index (χ0) is 22.3. The lowest BCUT2D eigenvalue weighted by Crippen LogP contribution is -2.36. The third kappa shape index (κ3) is 7.22. The summed E-state index contributed by atoms with van der Waals surface area (Å²) >= 11 is 1.37. The van der Waals surface area contributed by atoms with Crippen molar-refractivity contribution in [2.75, 3.05) is 24.2 Å². The first-order valence-corrected chi connectivity index (χ1v) is 10.6. The number of anilines is 1. The molecule has 0 bridgehead atoms. The number of carbonyl (C=O) groups excluding carboxylic acids is 3. The number of benzene rings is 2. The molecule has 0 fully saturated rings. The van der Waals surface area contributed by atoms with Gasteiger partial charge in [-0.25, -0.2) is 0 Å². The van der Waals surface area contributed by atoms with Crippen LogP contribution in [-0.2, 0) is 19.1 Å². The van der Waals surface area contributed by atoms with E-state index in [0.29, 0.717) is 0 Å². The Hall–Kier alpha value is -2.80. The van der Waals surface area contributed by atoms with Gasteiger partial charge in [0.25, 0.3) is 5.91 Å². The zero-order valence-corrected chi connectivity index (χ0v) is 18.9. The average Bonchev–Trinajstić information content (AvgIpc) is 2.68. The van der Waals surface area contributed by atoms with Crippen LogP contribution in [0.4, 0.5) is 5.69 Å². The number of aryl methyl sites for hydroxylation is 5. The average molecular weight is 429 g/mol. The van der Waals surface area contributed by atoms with Crippen LogP contribution in [0, 0.1) is 34.6 Å². The third-order valence-electron chi connectivity index (χ3n) is 4.44. The van der Waals surface area contributed by atoms with Crippen LogP contribution in [0.3, 0.4) is 0 Å². The Kier molecular flexibility index (Phi) is 8.47. The molecule has 2 aromatic carbocycles. The predicted molar refractivity (Wildman–Crippen MR) is 120 cm³/mol. The highest BCUT2D eigenvalue weighted by Crippen LogP contribution is 2.23. The predicted octanol–water partition coefficient (Wildman–Crippen LogP) is 3.62. The van der Waals surface area contributed by atoms with Crippen molar-refractivity contribution in [1.82, 2.24) is 5.32 Å². The van der Waals surface area contributed by atoms with Crippen molar-refractivity contribution in [3.63, 3.8) is 0 Å². The summed E-state index contributed by atoms with van der Waals surface area (Å²) in [6, 6.07) is 9.99. The van der Waals surface area contributed by atoms with Crippen molar-refractivity contribution in [2.45, 2.75) is 39.5 Å². The van der Waals surface area contributed by atoms with E-state index in [0.717, 1.165) is 38.4 Å². The van der Waals surface area contributed by atoms with Crippen molar-refractivity contribution in [1.29, 1.82) is 0 Å². The van der Waals surface area contributed by atoms with E-state index >= 15 is 0 Å². The topological polar surface area (TPSA) is 84.5 Å². The summed E-state index contributed by atoms with van der Waals surface area (Å²) in [5.41, 5.74) is 5.99. The summed E-state index contributed by atoms with van der Waals surface area (Å²) in [5.74, 6) is -1.22. The number of nitrogens with one attached hydrogen (secondary N) is 2. The van der Waals surface area contributed by atoms with Gasteiger partial charge in [-0.15, -0.1) is 11.8 Å². The second-order valence-electron chi connectivity index (χ2n) is 7.32. The molecule has 160 valence electrons. The molecule has 0 aliphatic heterocycles. The highest BCUT2D eigenvalue weighted by atomic mass is 32.2. The number of hydrogen-bond acceptors (Lipinski definition) is 5. The Labute approximate surface area is 181 Å². The van der Waals surface area contributed by atoms with Gasteiger partial charge in [0.05, 0.1) is 12.3 Å². The van der Waals surface area contributed by atoms with E-state index in [1.807, 2.05) is 65.0 Å². The Morgan fingerprint density at radius 1 is 0.867 bits per heavy atom. The van der Waals surface area contributed by atoms with E-state index in [4.69, 9.17) is 4.74 Å². The van der Waals surface area contributed by atoms with Crippen molar-refractivity contribution < 1.29 is 19.1 Å². The van der Waals surface area contributed by atoms with E-state index in [1.54, 1.807) is 0 Å². The van der Waals surface area contributed by atoms with Gasteiger partial charge < -0.3 is 15.4 Å². The lowest BCUT2D eigenvalue weighted by atomic mass is 10.1. The minimum Gasteiger partial charge on any atom is -0.455 e. The van der Waals surface area contributed by atoms with Crippen molar-refractivity contribution in [3.05, 3.63) is 58.1 Å². The minimum absolute atomic E-state index is 0.115. The maximum atomic E-state index is 12.1. The van der Waals surface area contributed by atoms with Gasteiger partial charge in [-0.05, 0) is 57.4 Å². The Bertz CT molecular complexity index is 933. The van der Waals surface area contributed by atoms with Crippen LogP contribution in [0.1, 0.15) is 27.8 Å². The molecule has 0 saturated carbocycles. The van der Waals surface area contributed by atoms with Gasteiger partial charge in [0.1, 0.15) is 0 Å². The van der Waals surface area contributed by atoms with Crippen LogP contribution in [0.25, 0.3) is 0 Å². The van der Waals surface area contributed by atoms with E-state index < -0.39 is 18.5 Å². The molecule has 2 rings (SSSR count). The monoisotopic (exact) mass is 428 g/mol. The standard InChI is InChI=1S/C23H28N2O4S/c1-14-6-7-16(3)19(10-14)30-13-22(28)29-12-21(27)24-11-20(26)25-23-17(4)8-15(2)9-18(23)5/h6-10H,11-13H2,1-5H3,(H,24,27)(H,25,26). The summed E-state index contributed by atoms with van der Waals surface area (Å²) in [6.45, 7) is 9.19. The van der Waals surface area contributed by atoms with Crippen LogP contribution in [-0.4, -0.2) is 36.7 Å². The van der Waals surface area contributed by atoms with Gasteiger partial charge in [-0.2, -0.15) is 0 Å². The Morgan fingerprint density at radius 3 is 2.20 bits per heavy atom. The fourth-order valence-electron chi connectivity index (χ4n) is 2.98. The maximum Gasteiger partial charge on any atom is 0.316 e. The molecule has 6 nitrogen and oxygen atoms in total. The van der Waals surface area contributed by atoms with Gasteiger partial charge >= 0.3 is 5.97 Å². The van der Waals surface area contributed by atoms with Gasteiger partial charge in [0.15, 0.2) is 6.61 Å². The first-order chi connectivity index (χ1) is 14.2. The van der Waals surface area contributed by atoms with E-state index in [1.165, 1.54) is 11.8 Å². The van der Waals surface area contributed by atoms with E-state index in [-0.39, 0.29) is 18.2 Å². The molecule has 7 heteroatoms. The summed E-state index contributed by atoms with van der Waals surface area (Å²) in [7, 11) is 0. The Morgan fingerprint density at radius 2 is 1.53 bits per heavy atom. The molecule has 0 radical (unpaired) electrons. The first-order valence-electron chi connectivity index (χ1n) is 9.65. The molecule has 0 saturated heterocycles. The normalized spacial score (nSPS) is 10.4. The molecule has 0 aliphatic carbocycles. The molecule has 0 aliphatic rings. The Balaban J connectivity index is 1.72. The molecule has 2 N–H and O–H groups in total. The molecular weight excluding hydrogens is 400 g/mol. The fourth-order valence-corrected chi connectivity index (χ4v) is 3.90. The van der Waals surface area contributed by atoms with Crippen LogP contribution >= 0.6 is 11.8 Å². The summed E-state index contributed by atoms with van der Waals surface area (Å²) < 4.78 is 4.99. The molecule has 0 aromatic heterocycles. The molecule has 2 amide bonds. The van der Waals surface area contributed by atoms with Gasteiger partial charge in [-0.1, -0.05) is 35.4 Å². The van der Waals surface area contributed by atoms with Gasteiger partial charge in [0, 0.05) is 10.6 Å². The van der Waals surface area contributed by atoms with Gasteiger partial charge in [0.2, 0.25) is 5.91 Å². The smallest absolute Gasteiger partial charge is 0.316 e. The van der Waals surface area contributed by atoms with Gasteiger partial charge in [-0.3, -0.25) is 14.4 Å². The largest absolute Gasteiger partial charge is 0.455 e. The highest BCUT2D eigenvalue weighted by Gasteiger charge is 2.12. The zero-order valence-electron chi connectivity index (χ0n) is 18.0. The summed E-state index contributed by atoms with van der Waals surface area (Å²) in [5, 5.41) is 5.27. The lowest BCUT2D eigenvalue weighted by Gasteiger charge is -2.13. The van der Waals surface area contributed by atoms with Crippen molar-refractivity contribution in [3.8, 4) is 0 Å². The van der Waals surface area contributed by atoms with Crippen LogP contribution in [0.2, 0.25) is 0 Å². The fraction of sp³-hybridized carbons (Fsp3) is 0.348. The lowest BCUT2D eigenvalue weighted by molar-refractivity contribution is -0.146. The summed E-state index contributed by atoms with van der Waals surface area (Å²) in [6.07, 6.45) is 0. The molecule has 30 heavy (non-hydrogen) atoms. The SMILES string of the molecule is Cc1cc(C)c(NC(=O)CNC(=O)COC(=O)CSc2cc(C)ccc2C)c(C)c1. The molecule has 0 heterocycles. The molecule has 0 unspecified atom stereocenters. The molecule has 0 atom stereocenters. The van der Waals surface area contributed by atoms with Crippen LogP contribution in [0.15, 0.2) is 35.2 Å². The van der Waals surface area contributed by atoms with Crippen molar-refractivity contribution in [2.24, 2.45) is 0 Å². The summed E-state index contributed by atoms with van der Waals surface area (Å²) in [4.78, 5) is 36.9. The second kappa shape index (κ2) is 10.8. The number of amides is 2. The number of esters is 1. The molecule has 2 aromatic rings. The van der Waals surface area contributed by atoms with E-state index in [9.17, 15) is 14.4 Å². The molecule has 0 spiro atoms. The molecular formula is C23H28N2O4S. The third-order valence-corrected chi connectivity index (χ3v) is 5.57. The number of ether oxygens (including phenoxy) is 1. The first kappa shape index (κ1) is 23.5. The van der Waals surface area contributed by atoms with E-state index in [2.05, 4.69) is 10.6 Å². The number of hydrogen-bond donors (Lipinski definition) is 2. The second-order valence-corrected chi connectivity index (χ2v) is 8.33. The van der Waals surface area contributed by atoms with Crippen molar-refractivity contribution >= 4 is 35.2 Å². The number of rotatable bonds is 8. The maximum absolute atomic E-state index is 12.1. The number of carbonyl (C=O) groups is 3. The van der Waals surface area contributed by atoms with Crippen LogP contribution < -0.4 is 10.6 Å². The number of thioether (sulfide) groups is 1. The van der Waals surface area contributed by atoms with Crippen LogP contribution in [0.5, 0.6) is 0 Å². The quantitative estimate of drug-likeness (QED) is 0.496.